The molecule has 0 aromatic heterocycles. The number of carbonyl (C=O) groups is 1. The molecule has 1 atom stereocenters. The Morgan fingerprint density at radius 3 is 1.56 bits per heavy atom. The highest BCUT2D eigenvalue weighted by Crippen LogP contribution is 2.35. The number of hydrogen-bond acceptors (Lipinski definition) is 2. The van der Waals surface area contributed by atoms with Crippen LogP contribution in [0.5, 0.6) is 0 Å². The lowest BCUT2D eigenvalue weighted by Gasteiger charge is -2.20. The van der Waals surface area contributed by atoms with E-state index >= 15 is 0 Å². The average Bonchev–Trinajstić information content (AvgIpc) is 2.87. The van der Waals surface area contributed by atoms with Crippen molar-refractivity contribution in [2.75, 3.05) is 6.54 Å². The Morgan fingerprint density at radius 1 is 0.625 bits per heavy atom. The largest absolute Gasteiger partial charge is 0.355 e. The number of rotatable bonds is 9. The van der Waals surface area contributed by atoms with Gasteiger partial charge in [-0.05, 0) is 35.2 Å². The Morgan fingerprint density at radius 2 is 1.06 bits per heavy atom. The number of carbonyl (C=O) groups excluding carboxylic acids is 1. The Bertz CT molecular complexity index is 1050. The van der Waals surface area contributed by atoms with Crippen molar-refractivity contribution in [1.82, 2.24) is 5.32 Å². The van der Waals surface area contributed by atoms with E-state index in [1.165, 1.54) is 11.1 Å². The predicted octanol–water partition coefficient (Wildman–Crippen LogP) is 6.86. The van der Waals surface area contributed by atoms with E-state index in [0.29, 0.717) is 6.54 Å². The van der Waals surface area contributed by atoms with Gasteiger partial charge in [-0.25, -0.2) is 0 Å². The molecule has 160 valence electrons. The molecule has 32 heavy (non-hydrogen) atoms. The van der Waals surface area contributed by atoms with Gasteiger partial charge in [-0.3, -0.25) is 4.79 Å². The lowest BCUT2D eigenvalue weighted by atomic mass is 9.88. The third kappa shape index (κ3) is 5.89. The first kappa shape index (κ1) is 21.9. The van der Waals surface area contributed by atoms with Crippen LogP contribution in [0.2, 0.25) is 0 Å². The topological polar surface area (TPSA) is 29.1 Å². The number of nitrogens with one attached hydrogen (secondary N) is 1. The van der Waals surface area contributed by atoms with Crippen molar-refractivity contribution < 1.29 is 4.79 Å². The van der Waals surface area contributed by atoms with Crippen LogP contribution < -0.4 is 5.32 Å². The molecule has 0 aliphatic carbocycles. The van der Waals surface area contributed by atoms with Crippen molar-refractivity contribution in [2.24, 2.45) is 0 Å². The summed E-state index contributed by atoms with van der Waals surface area (Å²) in [5.41, 5.74) is 3.55. The molecular weight excluding hydrogens is 410 g/mol. The summed E-state index contributed by atoms with van der Waals surface area (Å²) in [6.07, 6.45) is 0.845. The third-order valence-corrected chi connectivity index (χ3v) is 6.74. The zero-order valence-electron chi connectivity index (χ0n) is 17.9. The van der Waals surface area contributed by atoms with Crippen molar-refractivity contribution >= 4 is 17.7 Å². The predicted molar refractivity (Wildman–Crippen MR) is 134 cm³/mol. The first-order valence-corrected chi connectivity index (χ1v) is 11.8. The van der Waals surface area contributed by atoms with Crippen molar-refractivity contribution in [3.8, 4) is 0 Å². The SMILES string of the molecule is O=C(NCCC(c1ccccc1)c1ccccc1)C(Sc1ccccc1)c1ccccc1. The number of amides is 1. The molecule has 0 aliphatic heterocycles. The molecule has 0 aliphatic rings. The summed E-state index contributed by atoms with van der Waals surface area (Å²) in [6, 6.07) is 41.2. The van der Waals surface area contributed by atoms with Gasteiger partial charge in [-0.2, -0.15) is 0 Å². The second-order valence-electron chi connectivity index (χ2n) is 7.68. The van der Waals surface area contributed by atoms with Gasteiger partial charge >= 0.3 is 0 Å². The van der Waals surface area contributed by atoms with Crippen LogP contribution in [0.1, 0.15) is 34.3 Å². The van der Waals surface area contributed by atoms with Gasteiger partial charge in [0.05, 0.1) is 0 Å². The zero-order chi connectivity index (χ0) is 22.0. The zero-order valence-corrected chi connectivity index (χ0v) is 18.7. The van der Waals surface area contributed by atoms with Gasteiger partial charge in [0.25, 0.3) is 0 Å². The van der Waals surface area contributed by atoms with Gasteiger partial charge in [0.1, 0.15) is 5.25 Å². The minimum absolute atomic E-state index is 0.0462. The molecule has 4 aromatic rings. The van der Waals surface area contributed by atoms with Crippen molar-refractivity contribution in [2.45, 2.75) is 22.5 Å². The van der Waals surface area contributed by atoms with Gasteiger partial charge in [-0.1, -0.05) is 109 Å². The maximum atomic E-state index is 13.3. The molecule has 0 fully saturated rings. The van der Waals surface area contributed by atoms with Crippen LogP contribution in [0.25, 0.3) is 0 Å². The molecule has 1 N–H and O–H groups in total. The van der Waals surface area contributed by atoms with Crippen LogP contribution in [-0.4, -0.2) is 12.5 Å². The van der Waals surface area contributed by atoms with Gasteiger partial charge in [0.15, 0.2) is 0 Å². The summed E-state index contributed by atoms with van der Waals surface area (Å²) in [5.74, 6) is 0.291. The summed E-state index contributed by atoms with van der Waals surface area (Å²) >= 11 is 1.59. The molecule has 0 bridgehead atoms. The smallest absolute Gasteiger partial charge is 0.237 e. The second-order valence-corrected chi connectivity index (χ2v) is 8.85. The van der Waals surface area contributed by atoms with Crippen LogP contribution in [-0.2, 0) is 4.79 Å². The van der Waals surface area contributed by atoms with Gasteiger partial charge in [0.2, 0.25) is 5.91 Å². The van der Waals surface area contributed by atoms with E-state index in [-0.39, 0.29) is 17.1 Å². The lowest BCUT2D eigenvalue weighted by molar-refractivity contribution is -0.120. The second kappa shape index (κ2) is 11.4. The Balaban J connectivity index is 1.47. The molecule has 1 unspecified atom stereocenters. The maximum absolute atomic E-state index is 13.3. The van der Waals surface area contributed by atoms with Crippen LogP contribution >= 0.6 is 11.8 Å². The van der Waals surface area contributed by atoms with Crippen LogP contribution in [0, 0.1) is 0 Å². The quantitative estimate of drug-likeness (QED) is 0.290. The van der Waals surface area contributed by atoms with Crippen LogP contribution in [0.4, 0.5) is 0 Å². The van der Waals surface area contributed by atoms with Gasteiger partial charge in [0, 0.05) is 17.4 Å². The Hall–Kier alpha value is -3.30. The van der Waals surface area contributed by atoms with Crippen LogP contribution in [0.15, 0.2) is 126 Å². The highest BCUT2D eigenvalue weighted by Gasteiger charge is 2.22. The minimum Gasteiger partial charge on any atom is -0.355 e. The molecule has 3 heteroatoms. The van der Waals surface area contributed by atoms with E-state index in [1.54, 1.807) is 11.8 Å². The van der Waals surface area contributed by atoms with Crippen molar-refractivity contribution in [3.63, 3.8) is 0 Å². The summed E-state index contributed by atoms with van der Waals surface area (Å²) in [5, 5.41) is 2.93. The summed E-state index contributed by atoms with van der Waals surface area (Å²) in [6.45, 7) is 0.617. The molecule has 0 saturated heterocycles. The monoisotopic (exact) mass is 437 g/mol. The molecule has 4 aromatic carbocycles. The fraction of sp³-hybridized carbons (Fsp3) is 0.138. The molecule has 0 radical (unpaired) electrons. The number of benzene rings is 4. The Kier molecular flexibility index (Phi) is 7.78. The molecule has 1 amide bonds. The molecule has 0 saturated carbocycles. The van der Waals surface area contributed by atoms with Crippen molar-refractivity contribution in [3.05, 3.63) is 138 Å². The van der Waals surface area contributed by atoms with E-state index in [0.717, 1.165) is 16.9 Å². The maximum Gasteiger partial charge on any atom is 0.237 e. The summed E-state index contributed by atoms with van der Waals surface area (Å²) in [4.78, 5) is 14.4. The van der Waals surface area contributed by atoms with Crippen molar-refractivity contribution in [1.29, 1.82) is 0 Å². The summed E-state index contributed by atoms with van der Waals surface area (Å²) < 4.78 is 0. The van der Waals surface area contributed by atoms with Gasteiger partial charge < -0.3 is 5.32 Å². The first-order valence-electron chi connectivity index (χ1n) is 11.0. The molecular formula is C29H27NOS. The van der Waals surface area contributed by atoms with E-state index in [4.69, 9.17) is 0 Å². The van der Waals surface area contributed by atoms with Crippen LogP contribution in [0.3, 0.4) is 0 Å². The minimum atomic E-state index is -0.287. The van der Waals surface area contributed by atoms with E-state index in [2.05, 4.69) is 66.0 Å². The molecule has 0 spiro atoms. The number of thioether (sulfide) groups is 1. The third-order valence-electron chi connectivity index (χ3n) is 5.47. The molecule has 0 heterocycles. The normalized spacial score (nSPS) is 11.8. The fourth-order valence-electron chi connectivity index (χ4n) is 3.86. The fourth-order valence-corrected chi connectivity index (χ4v) is 4.93. The van der Waals surface area contributed by atoms with E-state index < -0.39 is 0 Å². The van der Waals surface area contributed by atoms with Gasteiger partial charge in [-0.15, -0.1) is 11.8 Å². The Labute approximate surface area is 194 Å². The first-order chi connectivity index (χ1) is 15.8. The average molecular weight is 438 g/mol. The summed E-state index contributed by atoms with van der Waals surface area (Å²) in [7, 11) is 0. The van der Waals surface area contributed by atoms with E-state index in [9.17, 15) is 4.79 Å². The highest BCUT2D eigenvalue weighted by molar-refractivity contribution is 8.00. The van der Waals surface area contributed by atoms with E-state index in [1.807, 2.05) is 60.7 Å². The number of hydrogen-bond donors (Lipinski definition) is 1. The standard InChI is InChI=1S/C29H27NOS/c31-29(28(25-17-9-3-10-18-25)32-26-19-11-4-12-20-26)30-22-21-27(23-13-5-1-6-14-23)24-15-7-2-8-16-24/h1-20,27-28H,21-22H2,(H,30,31). The highest BCUT2D eigenvalue weighted by atomic mass is 32.2. The molecule has 2 nitrogen and oxygen atoms in total. The lowest BCUT2D eigenvalue weighted by Crippen LogP contribution is -2.29. The molecule has 4 rings (SSSR count).